The summed E-state index contributed by atoms with van der Waals surface area (Å²) in [5, 5.41) is 3.41. The van der Waals surface area contributed by atoms with Gasteiger partial charge in [0.25, 0.3) is 0 Å². The molecule has 1 saturated heterocycles. The van der Waals surface area contributed by atoms with Crippen LogP contribution in [-0.2, 0) is 0 Å². The fourth-order valence-corrected chi connectivity index (χ4v) is 1.96. The van der Waals surface area contributed by atoms with Gasteiger partial charge in [0.15, 0.2) is 0 Å². The molecule has 0 saturated carbocycles. The van der Waals surface area contributed by atoms with Gasteiger partial charge in [0.05, 0.1) is 11.7 Å². The first-order chi connectivity index (χ1) is 6.79. The molecule has 1 aromatic rings. The molecule has 0 radical (unpaired) electrons. The van der Waals surface area contributed by atoms with Crippen molar-refractivity contribution in [2.45, 2.75) is 13.0 Å². The Balaban J connectivity index is 0.00000112. The Kier molecular flexibility index (Phi) is 4.51. The van der Waals surface area contributed by atoms with Gasteiger partial charge >= 0.3 is 0 Å². The average molecular weight is 228 g/mol. The van der Waals surface area contributed by atoms with Crippen LogP contribution in [-0.4, -0.2) is 36.6 Å². The smallest absolute Gasteiger partial charge is 0.0647 e. The van der Waals surface area contributed by atoms with Gasteiger partial charge in [0, 0.05) is 25.8 Å². The van der Waals surface area contributed by atoms with Crippen molar-refractivity contribution in [1.29, 1.82) is 0 Å². The number of aryl methyl sites for hydroxylation is 1. The lowest BCUT2D eigenvalue weighted by molar-refractivity contribution is 0.198. The number of rotatable bonds is 1. The molecule has 0 aliphatic carbocycles. The van der Waals surface area contributed by atoms with Crippen LogP contribution in [0.4, 0.5) is 0 Å². The lowest BCUT2D eigenvalue weighted by atomic mass is 10.1. The van der Waals surface area contributed by atoms with Crippen LogP contribution in [0.3, 0.4) is 0 Å². The van der Waals surface area contributed by atoms with Gasteiger partial charge in [-0.25, -0.2) is 0 Å². The van der Waals surface area contributed by atoms with E-state index in [1.807, 2.05) is 12.3 Å². The summed E-state index contributed by atoms with van der Waals surface area (Å²) >= 11 is 0. The highest BCUT2D eigenvalue weighted by molar-refractivity contribution is 5.85. The molecule has 3 nitrogen and oxygen atoms in total. The van der Waals surface area contributed by atoms with Crippen molar-refractivity contribution in [3.63, 3.8) is 0 Å². The number of hydrogen-bond acceptors (Lipinski definition) is 3. The number of piperazine rings is 1. The SMILES string of the molecule is Cc1cccnc1C1CNCCN1C.Cl. The van der Waals surface area contributed by atoms with Gasteiger partial charge in [0.2, 0.25) is 0 Å². The molecule has 1 N–H and O–H groups in total. The second-order valence-electron chi connectivity index (χ2n) is 3.91. The van der Waals surface area contributed by atoms with Crippen molar-refractivity contribution >= 4 is 12.4 Å². The molecule has 0 bridgehead atoms. The zero-order chi connectivity index (χ0) is 9.97. The topological polar surface area (TPSA) is 28.2 Å². The van der Waals surface area contributed by atoms with Gasteiger partial charge in [-0.1, -0.05) is 6.07 Å². The molecule has 1 unspecified atom stereocenters. The molecule has 1 aromatic heterocycles. The molecule has 15 heavy (non-hydrogen) atoms. The minimum atomic E-state index is 0. The van der Waals surface area contributed by atoms with E-state index in [0.29, 0.717) is 6.04 Å². The van der Waals surface area contributed by atoms with Crippen LogP contribution in [0.1, 0.15) is 17.3 Å². The van der Waals surface area contributed by atoms with Crippen LogP contribution in [0.25, 0.3) is 0 Å². The van der Waals surface area contributed by atoms with Crippen molar-refractivity contribution in [2.24, 2.45) is 0 Å². The number of likely N-dealkylation sites (N-methyl/N-ethyl adjacent to an activating group) is 1. The van der Waals surface area contributed by atoms with Crippen molar-refractivity contribution in [3.05, 3.63) is 29.6 Å². The summed E-state index contributed by atoms with van der Waals surface area (Å²) in [5.41, 5.74) is 2.50. The van der Waals surface area contributed by atoms with Crippen molar-refractivity contribution in [3.8, 4) is 0 Å². The second-order valence-corrected chi connectivity index (χ2v) is 3.91. The van der Waals surface area contributed by atoms with Gasteiger partial charge in [-0.2, -0.15) is 0 Å². The molecule has 0 spiro atoms. The van der Waals surface area contributed by atoms with E-state index in [-0.39, 0.29) is 12.4 Å². The largest absolute Gasteiger partial charge is 0.313 e. The Morgan fingerprint density at radius 3 is 3.00 bits per heavy atom. The van der Waals surface area contributed by atoms with E-state index >= 15 is 0 Å². The van der Waals surface area contributed by atoms with Crippen LogP contribution in [0.5, 0.6) is 0 Å². The number of nitrogens with zero attached hydrogens (tertiary/aromatic N) is 2. The van der Waals surface area contributed by atoms with E-state index in [1.165, 1.54) is 11.3 Å². The maximum Gasteiger partial charge on any atom is 0.0647 e. The van der Waals surface area contributed by atoms with E-state index in [4.69, 9.17) is 0 Å². The molecule has 1 aliphatic heterocycles. The molecule has 0 amide bonds. The van der Waals surface area contributed by atoms with Crippen LogP contribution < -0.4 is 5.32 Å². The van der Waals surface area contributed by atoms with E-state index in [1.54, 1.807) is 0 Å². The maximum absolute atomic E-state index is 4.47. The molecule has 0 aromatic carbocycles. The normalized spacial score (nSPS) is 22.1. The summed E-state index contributed by atoms with van der Waals surface area (Å²) in [7, 11) is 2.17. The first-order valence-electron chi connectivity index (χ1n) is 5.11. The summed E-state index contributed by atoms with van der Waals surface area (Å²) in [6.45, 7) is 5.32. The molecule has 84 valence electrons. The highest BCUT2D eigenvalue weighted by Gasteiger charge is 2.22. The molecule has 1 atom stereocenters. The minimum absolute atomic E-state index is 0. The van der Waals surface area contributed by atoms with E-state index in [9.17, 15) is 0 Å². The van der Waals surface area contributed by atoms with Gasteiger partial charge in [-0.15, -0.1) is 12.4 Å². The number of pyridine rings is 1. The zero-order valence-electron chi connectivity index (χ0n) is 9.23. The number of aromatic nitrogens is 1. The number of halogens is 1. The monoisotopic (exact) mass is 227 g/mol. The van der Waals surface area contributed by atoms with E-state index in [2.05, 4.69) is 35.2 Å². The standard InChI is InChI=1S/C11H17N3.ClH/c1-9-4-3-5-13-11(9)10-8-12-6-7-14(10)2;/h3-5,10,12H,6-8H2,1-2H3;1H. The Bertz CT molecular complexity index is 316. The third-order valence-corrected chi connectivity index (χ3v) is 2.88. The van der Waals surface area contributed by atoms with Gasteiger partial charge in [-0.3, -0.25) is 9.88 Å². The van der Waals surface area contributed by atoms with Crippen LogP contribution >= 0.6 is 12.4 Å². The second kappa shape index (κ2) is 5.45. The Hall–Kier alpha value is -0.640. The Labute approximate surface area is 97.3 Å². The molecule has 2 heterocycles. The van der Waals surface area contributed by atoms with Gasteiger partial charge in [-0.05, 0) is 25.6 Å². The molecular formula is C11H18ClN3. The Morgan fingerprint density at radius 2 is 2.33 bits per heavy atom. The fraction of sp³-hybridized carbons (Fsp3) is 0.545. The van der Waals surface area contributed by atoms with Crippen LogP contribution in [0.15, 0.2) is 18.3 Å². The maximum atomic E-state index is 4.47. The molecule has 1 fully saturated rings. The zero-order valence-corrected chi connectivity index (χ0v) is 10.0. The highest BCUT2D eigenvalue weighted by Crippen LogP contribution is 2.20. The predicted molar refractivity (Wildman–Crippen MR) is 64.5 cm³/mol. The van der Waals surface area contributed by atoms with E-state index < -0.39 is 0 Å². The van der Waals surface area contributed by atoms with Crippen molar-refractivity contribution in [2.75, 3.05) is 26.7 Å². The van der Waals surface area contributed by atoms with Gasteiger partial charge in [0.1, 0.15) is 0 Å². The minimum Gasteiger partial charge on any atom is -0.313 e. The first-order valence-corrected chi connectivity index (χ1v) is 5.11. The molecular weight excluding hydrogens is 210 g/mol. The number of nitrogens with one attached hydrogen (secondary N) is 1. The summed E-state index contributed by atoms with van der Waals surface area (Å²) in [6.07, 6.45) is 1.88. The quantitative estimate of drug-likeness (QED) is 0.786. The number of hydrogen-bond donors (Lipinski definition) is 1. The molecule has 2 rings (SSSR count). The predicted octanol–water partition coefficient (Wildman–Crippen LogP) is 1.39. The first kappa shape index (κ1) is 12.4. The highest BCUT2D eigenvalue weighted by atomic mass is 35.5. The molecule has 4 heteroatoms. The van der Waals surface area contributed by atoms with E-state index in [0.717, 1.165) is 19.6 Å². The third-order valence-electron chi connectivity index (χ3n) is 2.88. The van der Waals surface area contributed by atoms with Crippen molar-refractivity contribution in [1.82, 2.24) is 15.2 Å². The van der Waals surface area contributed by atoms with Gasteiger partial charge < -0.3 is 5.32 Å². The average Bonchev–Trinajstić information content (AvgIpc) is 2.20. The lowest BCUT2D eigenvalue weighted by Crippen LogP contribution is -2.44. The fourth-order valence-electron chi connectivity index (χ4n) is 1.96. The Morgan fingerprint density at radius 1 is 1.53 bits per heavy atom. The van der Waals surface area contributed by atoms with Crippen LogP contribution in [0.2, 0.25) is 0 Å². The summed E-state index contributed by atoms with van der Waals surface area (Å²) in [5.74, 6) is 0. The lowest BCUT2D eigenvalue weighted by Gasteiger charge is -2.33. The summed E-state index contributed by atoms with van der Waals surface area (Å²) < 4.78 is 0. The summed E-state index contributed by atoms with van der Waals surface area (Å²) in [4.78, 5) is 6.84. The third kappa shape index (κ3) is 2.68. The summed E-state index contributed by atoms with van der Waals surface area (Å²) in [6, 6.07) is 4.56. The van der Waals surface area contributed by atoms with Crippen LogP contribution in [0, 0.1) is 6.92 Å². The van der Waals surface area contributed by atoms with Crippen molar-refractivity contribution < 1.29 is 0 Å². The molecule has 1 aliphatic rings.